The average Bonchev–Trinajstić information content (AvgIpc) is 3.17. The van der Waals surface area contributed by atoms with Crippen LogP contribution in [0.3, 0.4) is 0 Å². The molecule has 0 atom stereocenters. The third-order valence-electron chi connectivity index (χ3n) is 8.79. The molecule has 0 bridgehead atoms. The van der Waals surface area contributed by atoms with Crippen LogP contribution in [0.5, 0.6) is 23.0 Å². The van der Waals surface area contributed by atoms with E-state index in [-0.39, 0.29) is 0 Å². The Morgan fingerprint density at radius 3 is 1.08 bits per heavy atom. The molecule has 4 nitrogen and oxygen atoms in total. The molecule has 0 aromatic heterocycles. The second-order valence-electron chi connectivity index (χ2n) is 13.3. The lowest BCUT2D eigenvalue weighted by Gasteiger charge is -2.15. The van der Waals surface area contributed by atoms with E-state index in [4.69, 9.17) is 25.4 Å². The van der Waals surface area contributed by atoms with Gasteiger partial charge in [0.15, 0.2) is 0 Å². The SMILES string of the molecule is C#Cc1cc(OCCCCCC)c(C#Cc2cc(OCCCCCC)c(C#Cc3ccccc3)cc2OCCCCCC)cc1OCCCCCC. The molecule has 0 N–H and O–H groups in total. The molecule has 0 spiro atoms. The highest BCUT2D eigenvalue weighted by Crippen LogP contribution is 2.32. The Bertz CT molecular complexity index is 1610. The van der Waals surface area contributed by atoms with Gasteiger partial charge < -0.3 is 18.9 Å². The Morgan fingerprint density at radius 2 is 0.731 bits per heavy atom. The van der Waals surface area contributed by atoms with Crippen LogP contribution in [0.25, 0.3) is 0 Å². The maximum atomic E-state index is 6.45. The van der Waals surface area contributed by atoms with Crippen LogP contribution < -0.4 is 18.9 Å². The smallest absolute Gasteiger partial charge is 0.136 e. The maximum absolute atomic E-state index is 6.45. The van der Waals surface area contributed by atoms with Crippen LogP contribution >= 0.6 is 0 Å². The standard InChI is InChI=1S/C48H62O4/c1-6-11-15-22-32-49-45-37-43(46(36-41(45)10-5)50-33-23-16-12-7-2)30-31-44-39-47(51-34-24-17-13-8-3)42(29-28-40-26-20-19-21-27-40)38-48(44)52-35-25-18-14-9-4/h5,19-21,26-27,36-39H,6-9,11-18,22-25,32-35H2,1-4H3. The second-order valence-corrected chi connectivity index (χ2v) is 13.3. The van der Waals surface area contributed by atoms with E-state index < -0.39 is 0 Å². The molecule has 3 rings (SSSR count). The summed E-state index contributed by atoms with van der Waals surface area (Å²) in [5.41, 5.74) is 3.91. The first-order valence-corrected chi connectivity index (χ1v) is 20.1. The first-order chi connectivity index (χ1) is 25.6. The third kappa shape index (κ3) is 15.8. The van der Waals surface area contributed by atoms with Gasteiger partial charge in [-0.15, -0.1) is 6.42 Å². The van der Waals surface area contributed by atoms with E-state index in [1.807, 2.05) is 54.6 Å². The Kier molecular flexibility index (Phi) is 21.2. The van der Waals surface area contributed by atoms with E-state index in [0.29, 0.717) is 55.0 Å². The molecule has 0 saturated carbocycles. The van der Waals surface area contributed by atoms with Crippen LogP contribution in [0.15, 0.2) is 54.6 Å². The maximum Gasteiger partial charge on any atom is 0.136 e. The lowest BCUT2D eigenvalue weighted by atomic mass is 10.1. The van der Waals surface area contributed by atoms with E-state index in [9.17, 15) is 0 Å². The Morgan fingerprint density at radius 1 is 0.404 bits per heavy atom. The first kappa shape index (κ1) is 42.0. The molecule has 0 amide bonds. The summed E-state index contributed by atoms with van der Waals surface area (Å²) >= 11 is 0. The molecule has 0 unspecified atom stereocenters. The lowest BCUT2D eigenvalue weighted by Crippen LogP contribution is -2.04. The van der Waals surface area contributed by atoms with E-state index >= 15 is 0 Å². The molecular weight excluding hydrogens is 641 g/mol. The van der Waals surface area contributed by atoms with Gasteiger partial charge in [-0.3, -0.25) is 0 Å². The summed E-state index contributed by atoms with van der Waals surface area (Å²) in [6.07, 6.45) is 23.9. The number of hydrogen-bond acceptors (Lipinski definition) is 4. The average molecular weight is 703 g/mol. The minimum Gasteiger partial charge on any atom is -0.492 e. The second kappa shape index (κ2) is 26.3. The highest BCUT2D eigenvalue weighted by molar-refractivity contribution is 5.63. The van der Waals surface area contributed by atoms with Crippen molar-refractivity contribution in [3.05, 3.63) is 82.4 Å². The van der Waals surface area contributed by atoms with E-state index in [0.717, 1.165) is 73.6 Å². The highest BCUT2D eigenvalue weighted by Gasteiger charge is 2.14. The van der Waals surface area contributed by atoms with Crippen LogP contribution in [0, 0.1) is 36.0 Å². The summed E-state index contributed by atoms with van der Waals surface area (Å²) in [7, 11) is 0. The van der Waals surface area contributed by atoms with Crippen molar-refractivity contribution in [2.75, 3.05) is 26.4 Å². The van der Waals surface area contributed by atoms with Gasteiger partial charge in [-0.2, -0.15) is 0 Å². The zero-order valence-corrected chi connectivity index (χ0v) is 32.5. The van der Waals surface area contributed by atoms with Crippen LogP contribution in [0.4, 0.5) is 0 Å². The monoisotopic (exact) mass is 702 g/mol. The van der Waals surface area contributed by atoms with Gasteiger partial charge in [0, 0.05) is 29.8 Å². The first-order valence-electron chi connectivity index (χ1n) is 20.1. The van der Waals surface area contributed by atoms with Crippen LogP contribution in [-0.2, 0) is 0 Å². The van der Waals surface area contributed by atoms with Gasteiger partial charge in [0.2, 0.25) is 0 Å². The molecular formula is C48H62O4. The molecule has 0 aliphatic heterocycles. The molecule has 52 heavy (non-hydrogen) atoms. The molecule has 0 fully saturated rings. The summed E-state index contributed by atoms with van der Waals surface area (Å²) in [4.78, 5) is 0. The largest absolute Gasteiger partial charge is 0.492 e. The molecule has 0 radical (unpaired) electrons. The van der Waals surface area contributed by atoms with Crippen LogP contribution in [-0.4, -0.2) is 26.4 Å². The van der Waals surface area contributed by atoms with E-state index in [2.05, 4.69) is 57.3 Å². The summed E-state index contributed by atoms with van der Waals surface area (Å²) in [6, 6.07) is 17.9. The van der Waals surface area contributed by atoms with Gasteiger partial charge in [-0.25, -0.2) is 0 Å². The Balaban J connectivity index is 2.07. The fourth-order valence-corrected chi connectivity index (χ4v) is 5.64. The number of hydrogen-bond donors (Lipinski definition) is 0. The number of rotatable bonds is 24. The fraction of sp³-hybridized carbons (Fsp3) is 0.500. The molecule has 4 heteroatoms. The number of ether oxygens (including phenoxy) is 4. The molecule has 278 valence electrons. The predicted molar refractivity (Wildman–Crippen MR) is 218 cm³/mol. The van der Waals surface area contributed by atoms with Gasteiger partial charge in [0.05, 0.1) is 48.7 Å². The fourth-order valence-electron chi connectivity index (χ4n) is 5.64. The van der Waals surface area contributed by atoms with Gasteiger partial charge >= 0.3 is 0 Å². The zero-order chi connectivity index (χ0) is 37.1. The molecule has 3 aromatic carbocycles. The van der Waals surface area contributed by atoms with Crippen molar-refractivity contribution in [1.29, 1.82) is 0 Å². The predicted octanol–water partition coefficient (Wildman–Crippen LogP) is 12.3. The normalized spacial score (nSPS) is 10.4. The summed E-state index contributed by atoms with van der Waals surface area (Å²) in [5.74, 6) is 19.1. The van der Waals surface area contributed by atoms with Gasteiger partial charge in [0.25, 0.3) is 0 Å². The van der Waals surface area contributed by atoms with Gasteiger partial charge in [-0.05, 0) is 37.8 Å². The van der Waals surface area contributed by atoms with Crippen molar-refractivity contribution < 1.29 is 18.9 Å². The van der Waals surface area contributed by atoms with Crippen molar-refractivity contribution in [2.24, 2.45) is 0 Å². The molecule has 0 aliphatic carbocycles. The quantitative estimate of drug-likeness (QED) is 0.0688. The molecule has 0 saturated heterocycles. The summed E-state index contributed by atoms with van der Waals surface area (Å²) < 4.78 is 25.4. The van der Waals surface area contributed by atoms with Gasteiger partial charge in [-0.1, -0.05) is 153 Å². The highest BCUT2D eigenvalue weighted by atomic mass is 16.5. The molecule has 0 heterocycles. The molecule has 3 aromatic rings. The minimum atomic E-state index is 0.604. The summed E-state index contributed by atoms with van der Waals surface area (Å²) in [6.45, 7) is 11.3. The van der Waals surface area contributed by atoms with Crippen molar-refractivity contribution >= 4 is 0 Å². The lowest BCUT2D eigenvalue weighted by molar-refractivity contribution is 0.295. The third-order valence-corrected chi connectivity index (χ3v) is 8.79. The Labute approximate surface area is 316 Å². The number of unbranched alkanes of at least 4 members (excludes halogenated alkanes) is 12. The topological polar surface area (TPSA) is 36.9 Å². The van der Waals surface area contributed by atoms with Crippen LogP contribution in [0.1, 0.15) is 158 Å². The Hall–Kier alpha value is -4.46. The van der Waals surface area contributed by atoms with Crippen molar-refractivity contribution in [1.82, 2.24) is 0 Å². The van der Waals surface area contributed by atoms with Crippen molar-refractivity contribution in [2.45, 2.75) is 130 Å². The number of terminal acetylenes is 1. The van der Waals surface area contributed by atoms with E-state index in [1.54, 1.807) is 0 Å². The van der Waals surface area contributed by atoms with Crippen molar-refractivity contribution in [3.8, 4) is 59.0 Å². The molecule has 0 aliphatic rings. The van der Waals surface area contributed by atoms with E-state index in [1.165, 1.54) is 51.4 Å². The zero-order valence-electron chi connectivity index (χ0n) is 32.5. The number of benzene rings is 3. The van der Waals surface area contributed by atoms with Crippen LogP contribution in [0.2, 0.25) is 0 Å². The van der Waals surface area contributed by atoms with Gasteiger partial charge in [0.1, 0.15) is 23.0 Å². The summed E-state index contributed by atoms with van der Waals surface area (Å²) in [5, 5.41) is 0. The van der Waals surface area contributed by atoms with Crippen molar-refractivity contribution in [3.63, 3.8) is 0 Å². The minimum absolute atomic E-state index is 0.604.